The van der Waals surface area contributed by atoms with Gasteiger partial charge in [-0.3, -0.25) is 15.6 Å². The Labute approximate surface area is 137 Å². The summed E-state index contributed by atoms with van der Waals surface area (Å²) in [5.74, 6) is 0.418. The molecular weight excluding hydrogens is 316 g/mol. The zero-order valence-corrected chi connectivity index (χ0v) is 14.2. The number of hydrogen-bond donors (Lipinski definition) is 4. The van der Waals surface area contributed by atoms with Crippen LogP contribution in [0.4, 0.5) is 0 Å². The second kappa shape index (κ2) is 7.39. The molecule has 5 N–H and O–H groups in total. The highest BCUT2D eigenvalue weighted by Crippen LogP contribution is 2.19. The van der Waals surface area contributed by atoms with Crippen LogP contribution >= 0.6 is 0 Å². The Balaban J connectivity index is 1.78. The summed E-state index contributed by atoms with van der Waals surface area (Å²) in [6.07, 6.45) is 1.29. The maximum absolute atomic E-state index is 11.9. The van der Waals surface area contributed by atoms with E-state index in [-0.39, 0.29) is 10.8 Å². The van der Waals surface area contributed by atoms with Gasteiger partial charge in [-0.1, -0.05) is 12.1 Å². The number of nitrogens with two attached hydrogens (primary N) is 1. The smallest absolute Gasteiger partial charge is 0.238 e. The molecule has 23 heavy (non-hydrogen) atoms. The molecule has 1 saturated heterocycles. The zero-order valence-electron chi connectivity index (χ0n) is 13.4. The minimum absolute atomic E-state index is 0.00757. The molecule has 2 atom stereocenters. The largest absolute Gasteiger partial charge is 0.352 e. The summed E-state index contributed by atoms with van der Waals surface area (Å²) in [6.45, 7) is 4.58. The monoisotopic (exact) mass is 340 g/mol. The molecule has 1 heterocycles. The Hall–Kier alpha value is -1.48. The summed E-state index contributed by atoms with van der Waals surface area (Å²) in [4.78, 5) is 12.0. The summed E-state index contributed by atoms with van der Waals surface area (Å²) >= 11 is 0. The van der Waals surface area contributed by atoms with E-state index in [9.17, 15) is 13.2 Å². The SMILES string of the molecule is CC1NNC(C)C1CCC(=O)NCc1ccc(S(N)(=O)=O)cc1. The van der Waals surface area contributed by atoms with Gasteiger partial charge in [-0.2, -0.15) is 0 Å². The van der Waals surface area contributed by atoms with Crippen LogP contribution in [0.25, 0.3) is 0 Å². The second-order valence-corrected chi connectivity index (χ2v) is 7.60. The summed E-state index contributed by atoms with van der Waals surface area (Å²) in [6, 6.07) is 6.88. The molecule has 1 aliphatic heterocycles. The molecule has 7 nitrogen and oxygen atoms in total. The van der Waals surface area contributed by atoms with Gasteiger partial charge in [0.1, 0.15) is 0 Å². The van der Waals surface area contributed by atoms with E-state index in [4.69, 9.17) is 5.14 Å². The number of carbonyl (C=O) groups excluding carboxylic acids is 1. The molecule has 2 rings (SSSR count). The normalized spacial score (nSPS) is 24.6. The van der Waals surface area contributed by atoms with Gasteiger partial charge in [0, 0.05) is 25.0 Å². The summed E-state index contributed by atoms with van der Waals surface area (Å²) in [5.41, 5.74) is 7.18. The lowest BCUT2D eigenvalue weighted by atomic mass is 9.91. The third kappa shape index (κ3) is 5.00. The van der Waals surface area contributed by atoms with E-state index in [1.165, 1.54) is 12.1 Å². The van der Waals surface area contributed by atoms with Gasteiger partial charge >= 0.3 is 0 Å². The van der Waals surface area contributed by atoms with Gasteiger partial charge in [0.05, 0.1) is 4.90 Å². The van der Waals surface area contributed by atoms with E-state index in [0.29, 0.717) is 31.0 Å². The molecular formula is C15H24N4O3S. The first-order valence-corrected chi connectivity index (χ1v) is 9.21. The Morgan fingerprint density at radius 3 is 2.26 bits per heavy atom. The van der Waals surface area contributed by atoms with Crippen LogP contribution in [0.15, 0.2) is 29.2 Å². The number of primary sulfonamides is 1. The molecule has 1 fully saturated rings. The van der Waals surface area contributed by atoms with E-state index in [1.54, 1.807) is 12.1 Å². The van der Waals surface area contributed by atoms with E-state index in [0.717, 1.165) is 12.0 Å². The fourth-order valence-corrected chi connectivity index (χ4v) is 3.31. The first-order valence-electron chi connectivity index (χ1n) is 7.67. The fraction of sp³-hybridized carbons (Fsp3) is 0.533. The van der Waals surface area contributed by atoms with Crippen LogP contribution in [0.1, 0.15) is 32.3 Å². The molecule has 0 bridgehead atoms. The quantitative estimate of drug-likeness (QED) is 0.592. The van der Waals surface area contributed by atoms with Crippen LogP contribution in [-0.2, 0) is 21.4 Å². The molecule has 1 amide bonds. The number of sulfonamides is 1. The Morgan fingerprint density at radius 2 is 1.74 bits per heavy atom. The first-order chi connectivity index (χ1) is 10.8. The first kappa shape index (κ1) is 17.9. The van der Waals surface area contributed by atoms with Gasteiger partial charge in [-0.05, 0) is 43.9 Å². The molecule has 128 valence electrons. The number of hydrazine groups is 1. The summed E-state index contributed by atoms with van der Waals surface area (Å²) < 4.78 is 22.3. The molecule has 0 saturated carbocycles. The maximum atomic E-state index is 11.9. The third-order valence-corrected chi connectivity index (χ3v) is 5.20. The van der Waals surface area contributed by atoms with Crippen molar-refractivity contribution < 1.29 is 13.2 Å². The van der Waals surface area contributed by atoms with Gasteiger partial charge in [0.2, 0.25) is 15.9 Å². The highest BCUT2D eigenvalue weighted by atomic mass is 32.2. The average Bonchev–Trinajstić information content (AvgIpc) is 2.81. The Bertz CT molecular complexity index is 635. The molecule has 0 radical (unpaired) electrons. The molecule has 0 spiro atoms. The Morgan fingerprint density at radius 1 is 1.17 bits per heavy atom. The Kier molecular flexibility index (Phi) is 5.74. The predicted molar refractivity (Wildman–Crippen MR) is 87.6 cm³/mol. The van der Waals surface area contributed by atoms with Crippen LogP contribution in [-0.4, -0.2) is 26.4 Å². The van der Waals surface area contributed by atoms with Gasteiger partial charge in [0.15, 0.2) is 0 Å². The minimum atomic E-state index is -3.68. The van der Waals surface area contributed by atoms with Crippen molar-refractivity contribution >= 4 is 15.9 Å². The van der Waals surface area contributed by atoms with Crippen molar-refractivity contribution in [3.63, 3.8) is 0 Å². The third-order valence-electron chi connectivity index (χ3n) is 4.27. The molecule has 1 aromatic carbocycles. The van der Waals surface area contributed by atoms with Crippen molar-refractivity contribution in [3.05, 3.63) is 29.8 Å². The van der Waals surface area contributed by atoms with E-state index < -0.39 is 10.0 Å². The number of benzene rings is 1. The van der Waals surface area contributed by atoms with Crippen LogP contribution < -0.4 is 21.3 Å². The minimum Gasteiger partial charge on any atom is -0.352 e. The van der Waals surface area contributed by atoms with Crippen molar-refractivity contribution in [1.82, 2.24) is 16.2 Å². The van der Waals surface area contributed by atoms with Crippen LogP contribution in [0.2, 0.25) is 0 Å². The summed E-state index contributed by atoms with van der Waals surface area (Å²) in [7, 11) is -3.68. The molecule has 2 unspecified atom stereocenters. The number of nitrogens with one attached hydrogen (secondary N) is 3. The lowest BCUT2D eigenvalue weighted by Gasteiger charge is -2.17. The van der Waals surface area contributed by atoms with Crippen molar-refractivity contribution in [2.45, 2.75) is 50.2 Å². The lowest BCUT2D eigenvalue weighted by Crippen LogP contribution is -2.30. The van der Waals surface area contributed by atoms with Gasteiger partial charge < -0.3 is 5.32 Å². The summed E-state index contributed by atoms with van der Waals surface area (Å²) in [5, 5.41) is 7.89. The highest BCUT2D eigenvalue weighted by molar-refractivity contribution is 7.89. The maximum Gasteiger partial charge on any atom is 0.238 e. The molecule has 0 aliphatic carbocycles. The number of hydrogen-bond acceptors (Lipinski definition) is 5. The van der Waals surface area contributed by atoms with Crippen molar-refractivity contribution in [3.8, 4) is 0 Å². The average molecular weight is 340 g/mol. The number of carbonyl (C=O) groups is 1. The van der Waals surface area contributed by atoms with E-state index >= 15 is 0 Å². The van der Waals surface area contributed by atoms with Crippen LogP contribution in [0, 0.1) is 5.92 Å². The van der Waals surface area contributed by atoms with Crippen LogP contribution in [0.3, 0.4) is 0 Å². The zero-order chi connectivity index (χ0) is 17.0. The second-order valence-electron chi connectivity index (χ2n) is 6.03. The molecule has 8 heteroatoms. The molecule has 0 aromatic heterocycles. The van der Waals surface area contributed by atoms with Gasteiger partial charge in [0.25, 0.3) is 0 Å². The van der Waals surface area contributed by atoms with Crippen LogP contribution in [0.5, 0.6) is 0 Å². The predicted octanol–water partition coefficient (Wildman–Crippen LogP) is 0.231. The topological polar surface area (TPSA) is 113 Å². The molecule has 1 aromatic rings. The number of amides is 1. The van der Waals surface area contributed by atoms with E-state index in [1.807, 2.05) is 0 Å². The highest BCUT2D eigenvalue weighted by Gasteiger charge is 2.29. The van der Waals surface area contributed by atoms with Crippen molar-refractivity contribution in [1.29, 1.82) is 0 Å². The van der Waals surface area contributed by atoms with Gasteiger partial charge in [-0.15, -0.1) is 0 Å². The molecule has 1 aliphatic rings. The van der Waals surface area contributed by atoms with Crippen molar-refractivity contribution in [2.75, 3.05) is 0 Å². The van der Waals surface area contributed by atoms with Gasteiger partial charge in [-0.25, -0.2) is 13.6 Å². The van der Waals surface area contributed by atoms with E-state index in [2.05, 4.69) is 30.0 Å². The lowest BCUT2D eigenvalue weighted by molar-refractivity contribution is -0.121. The van der Waals surface area contributed by atoms with Crippen molar-refractivity contribution in [2.24, 2.45) is 11.1 Å². The number of rotatable bonds is 6. The fourth-order valence-electron chi connectivity index (χ4n) is 2.79. The standard InChI is InChI=1S/C15H24N4O3S/c1-10-14(11(2)19-18-10)7-8-15(20)17-9-12-3-5-13(6-4-12)23(16,21)22/h3-6,10-11,14,18-19H,7-9H2,1-2H3,(H,17,20)(H2,16,21,22).